The second-order valence-corrected chi connectivity index (χ2v) is 7.81. The number of urea groups is 1. The van der Waals surface area contributed by atoms with E-state index in [1.165, 1.54) is 4.90 Å². The van der Waals surface area contributed by atoms with Crippen molar-refractivity contribution in [2.45, 2.75) is 45.3 Å². The van der Waals surface area contributed by atoms with Crippen LogP contribution < -0.4 is 16.1 Å². The summed E-state index contributed by atoms with van der Waals surface area (Å²) in [6, 6.07) is 6.62. The summed E-state index contributed by atoms with van der Waals surface area (Å²) < 4.78 is 12.0. The fraction of sp³-hybridized carbons (Fsp3) is 0.526. The monoisotopic (exact) mass is 388 g/mol. The van der Waals surface area contributed by atoms with E-state index < -0.39 is 24.4 Å². The van der Waals surface area contributed by atoms with Crippen LogP contribution in [-0.4, -0.2) is 61.6 Å². The van der Waals surface area contributed by atoms with E-state index in [0.29, 0.717) is 5.56 Å². The average Bonchev–Trinajstić information content (AvgIpc) is 2.83. The first kappa shape index (κ1) is 22.1. The summed E-state index contributed by atoms with van der Waals surface area (Å²) in [5, 5.41) is 13.2. The molecule has 3 rings (SSSR count). The van der Waals surface area contributed by atoms with Crippen molar-refractivity contribution in [2.24, 2.45) is 0 Å². The van der Waals surface area contributed by atoms with Gasteiger partial charge in [-0.3, -0.25) is 20.4 Å². The lowest BCUT2D eigenvalue weighted by Crippen LogP contribution is -2.51. The molecule has 2 aliphatic heterocycles. The number of hydrogen-bond donors (Lipinski definition) is 3. The summed E-state index contributed by atoms with van der Waals surface area (Å²) >= 11 is 0. The minimum absolute atomic E-state index is 0.0606. The SMILES string of the molecule is CC1(C)OB(c2ccc(C(=N)N3CCC(=O)NC3=O)cc2)OC1(C)C.CNC. The molecule has 0 atom stereocenters. The Balaban J connectivity index is 0.000000878. The maximum atomic E-state index is 11.9. The van der Waals surface area contributed by atoms with Crippen LogP contribution in [0.2, 0.25) is 0 Å². The first-order valence-electron chi connectivity index (χ1n) is 9.26. The van der Waals surface area contributed by atoms with Crippen molar-refractivity contribution in [1.82, 2.24) is 15.5 Å². The Bertz CT molecular complexity index is 733. The molecule has 0 radical (unpaired) electrons. The van der Waals surface area contributed by atoms with Crippen molar-refractivity contribution in [2.75, 3.05) is 20.6 Å². The Kier molecular flexibility index (Phi) is 6.64. The highest BCUT2D eigenvalue weighted by atomic mass is 16.7. The molecule has 2 heterocycles. The van der Waals surface area contributed by atoms with Gasteiger partial charge in [0.15, 0.2) is 0 Å². The van der Waals surface area contributed by atoms with Gasteiger partial charge < -0.3 is 14.6 Å². The molecule has 2 aliphatic rings. The van der Waals surface area contributed by atoms with E-state index in [1.807, 2.05) is 53.9 Å². The van der Waals surface area contributed by atoms with Gasteiger partial charge >= 0.3 is 13.1 Å². The third kappa shape index (κ3) is 4.60. The molecule has 3 N–H and O–H groups in total. The van der Waals surface area contributed by atoms with Crippen LogP contribution in [-0.2, 0) is 14.1 Å². The number of carbonyl (C=O) groups excluding carboxylic acids is 2. The zero-order valence-electron chi connectivity index (χ0n) is 17.4. The van der Waals surface area contributed by atoms with Crippen LogP contribution in [0.4, 0.5) is 4.79 Å². The number of carbonyl (C=O) groups is 2. The normalized spacial score (nSPS) is 20.4. The highest BCUT2D eigenvalue weighted by Gasteiger charge is 2.51. The average molecular weight is 388 g/mol. The zero-order chi connectivity index (χ0) is 21.1. The molecule has 2 fully saturated rings. The topological polar surface area (TPSA) is 104 Å². The first-order chi connectivity index (χ1) is 13.0. The van der Waals surface area contributed by atoms with Gasteiger partial charge in [-0.25, -0.2) is 4.79 Å². The molecule has 152 valence electrons. The summed E-state index contributed by atoms with van der Waals surface area (Å²) in [5.74, 6) is -0.254. The molecule has 0 spiro atoms. The molecule has 1 aromatic rings. The van der Waals surface area contributed by atoms with E-state index in [9.17, 15) is 9.59 Å². The summed E-state index contributed by atoms with van der Waals surface area (Å²) in [6.45, 7) is 8.18. The van der Waals surface area contributed by atoms with E-state index in [2.05, 4.69) is 10.6 Å². The van der Waals surface area contributed by atoms with Gasteiger partial charge in [-0.2, -0.15) is 0 Å². The van der Waals surface area contributed by atoms with Gasteiger partial charge in [0.2, 0.25) is 5.91 Å². The molecule has 2 saturated heterocycles. The largest absolute Gasteiger partial charge is 0.494 e. The Morgan fingerprint density at radius 1 is 1.11 bits per heavy atom. The molecular weight excluding hydrogens is 359 g/mol. The minimum Gasteiger partial charge on any atom is -0.399 e. The number of nitrogens with zero attached hydrogens (tertiary/aromatic N) is 1. The van der Waals surface area contributed by atoms with Crippen LogP contribution in [0.1, 0.15) is 39.7 Å². The van der Waals surface area contributed by atoms with E-state index in [1.54, 1.807) is 12.1 Å². The lowest BCUT2D eigenvalue weighted by Gasteiger charge is -2.32. The van der Waals surface area contributed by atoms with Crippen LogP contribution in [0.3, 0.4) is 0 Å². The van der Waals surface area contributed by atoms with E-state index >= 15 is 0 Å². The lowest BCUT2D eigenvalue weighted by atomic mass is 9.79. The summed E-state index contributed by atoms with van der Waals surface area (Å²) in [6.07, 6.45) is 0.195. The van der Waals surface area contributed by atoms with Crippen LogP contribution >= 0.6 is 0 Å². The van der Waals surface area contributed by atoms with Crippen molar-refractivity contribution in [3.05, 3.63) is 29.8 Å². The van der Waals surface area contributed by atoms with Gasteiger partial charge in [0.1, 0.15) is 5.84 Å². The maximum Gasteiger partial charge on any atom is 0.494 e. The number of imide groups is 1. The number of benzene rings is 1. The number of hydrogen-bond acceptors (Lipinski definition) is 6. The van der Waals surface area contributed by atoms with Crippen LogP contribution in [0.15, 0.2) is 24.3 Å². The van der Waals surface area contributed by atoms with Crippen molar-refractivity contribution >= 4 is 30.4 Å². The molecule has 0 aliphatic carbocycles. The van der Waals surface area contributed by atoms with Gasteiger partial charge in [0.25, 0.3) is 0 Å². The van der Waals surface area contributed by atoms with Gasteiger partial charge in [-0.15, -0.1) is 0 Å². The third-order valence-electron chi connectivity index (χ3n) is 5.03. The maximum absolute atomic E-state index is 11.9. The molecular formula is C19H29BN4O4. The Morgan fingerprint density at radius 3 is 2.07 bits per heavy atom. The predicted octanol–water partition coefficient (Wildman–Crippen LogP) is 1.09. The van der Waals surface area contributed by atoms with Crippen LogP contribution in [0, 0.1) is 5.41 Å². The highest BCUT2D eigenvalue weighted by molar-refractivity contribution is 6.62. The molecule has 9 heteroatoms. The molecule has 1 aromatic carbocycles. The standard InChI is InChI=1S/C17H22BN3O4.C2H7N/c1-16(2)17(3,4)25-18(24-16)12-7-5-11(6-8-12)14(19)21-10-9-13(22)20-15(21)23;1-3-2/h5-8,19H,9-10H2,1-4H3,(H,20,22,23);3H,1-2H3. The number of amidine groups is 1. The molecule has 28 heavy (non-hydrogen) atoms. The van der Waals surface area contributed by atoms with Gasteiger partial charge in [-0.05, 0) is 47.3 Å². The molecule has 0 unspecified atom stereocenters. The number of amides is 3. The first-order valence-corrected chi connectivity index (χ1v) is 9.26. The third-order valence-corrected chi connectivity index (χ3v) is 5.03. The highest BCUT2D eigenvalue weighted by Crippen LogP contribution is 2.36. The lowest BCUT2D eigenvalue weighted by molar-refractivity contribution is -0.121. The fourth-order valence-electron chi connectivity index (χ4n) is 2.71. The van der Waals surface area contributed by atoms with Crippen molar-refractivity contribution in [1.29, 1.82) is 5.41 Å². The second kappa shape index (κ2) is 8.42. The molecule has 3 amide bonds. The van der Waals surface area contributed by atoms with E-state index in [-0.39, 0.29) is 24.7 Å². The Hall–Kier alpha value is -2.23. The van der Waals surface area contributed by atoms with Gasteiger partial charge in [0, 0.05) is 18.5 Å². The second-order valence-electron chi connectivity index (χ2n) is 7.81. The molecule has 0 bridgehead atoms. The quantitative estimate of drug-likeness (QED) is 0.400. The molecule has 0 saturated carbocycles. The van der Waals surface area contributed by atoms with Crippen LogP contribution in [0.5, 0.6) is 0 Å². The smallest absolute Gasteiger partial charge is 0.399 e. The van der Waals surface area contributed by atoms with E-state index in [0.717, 1.165) is 5.46 Å². The summed E-state index contributed by atoms with van der Waals surface area (Å²) in [5.41, 5.74) is 0.612. The molecule has 0 aromatic heterocycles. The fourth-order valence-corrected chi connectivity index (χ4v) is 2.71. The number of nitrogens with one attached hydrogen (secondary N) is 3. The Labute approximate surface area is 166 Å². The van der Waals surface area contributed by atoms with Crippen molar-refractivity contribution in [3.8, 4) is 0 Å². The van der Waals surface area contributed by atoms with E-state index in [4.69, 9.17) is 14.7 Å². The van der Waals surface area contributed by atoms with Crippen molar-refractivity contribution in [3.63, 3.8) is 0 Å². The summed E-state index contributed by atoms with van der Waals surface area (Å²) in [4.78, 5) is 24.3. The predicted molar refractivity (Wildman–Crippen MR) is 109 cm³/mol. The van der Waals surface area contributed by atoms with Crippen molar-refractivity contribution < 1.29 is 18.9 Å². The molecule has 8 nitrogen and oxygen atoms in total. The van der Waals surface area contributed by atoms with Crippen LogP contribution in [0.25, 0.3) is 0 Å². The van der Waals surface area contributed by atoms with Gasteiger partial charge in [-0.1, -0.05) is 24.3 Å². The summed E-state index contributed by atoms with van der Waals surface area (Å²) in [7, 11) is 3.28. The Morgan fingerprint density at radius 2 is 1.61 bits per heavy atom. The zero-order valence-corrected chi connectivity index (χ0v) is 17.4. The number of rotatable bonds is 2. The van der Waals surface area contributed by atoms with Gasteiger partial charge in [0.05, 0.1) is 11.2 Å². The minimum atomic E-state index is -0.559.